The first-order valence-electron chi connectivity index (χ1n) is 5.04. The second-order valence-electron chi connectivity index (χ2n) is 3.73. The maximum absolute atomic E-state index is 11.9. The van der Waals surface area contributed by atoms with Gasteiger partial charge in [-0.15, -0.1) is 0 Å². The number of halogens is 3. The molecule has 1 rings (SSSR count). The molecule has 0 atom stereocenters. The minimum absolute atomic E-state index is 0.0731. The Morgan fingerprint density at radius 3 is 2.16 bits per heavy atom. The van der Waals surface area contributed by atoms with Crippen LogP contribution < -0.4 is 10.5 Å². The first-order valence-corrected chi connectivity index (χ1v) is 6.52. The van der Waals surface area contributed by atoms with Crippen LogP contribution in [0.4, 0.5) is 13.2 Å². The Morgan fingerprint density at radius 2 is 1.74 bits per heavy atom. The lowest BCUT2D eigenvalue weighted by atomic mass is 10.1. The van der Waals surface area contributed by atoms with Crippen molar-refractivity contribution >= 4 is 15.9 Å². The third kappa shape index (κ3) is 5.26. The van der Waals surface area contributed by atoms with Gasteiger partial charge in [-0.25, -0.2) is 13.1 Å². The normalized spacial score (nSPS) is 12.4. The maximum Gasteiger partial charge on any atom is 0.402 e. The molecule has 0 heterocycles. The van der Waals surface area contributed by atoms with Gasteiger partial charge < -0.3 is 5.73 Å². The van der Waals surface area contributed by atoms with Crippen LogP contribution in [-0.2, 0) is 21.2 Å². The Labute approximate surface area is 107 Å². The summed E-state index contributed by atoms with van der Waals surface area (Å²) in [5, 5.41) is 0. The fourth-order valence-electron chi connectivity index (χ4n) is 1.25. The summed E-state index contributed by atoms with van der Waals surface area (Å²) < 4.78 is 60.2. The molecule has 0 bridgehead atoms. The highest BCUT2D eigenvalue weighted by molar-refractivity contribution is 7.89. The smallest absolute Gasteiger partial charge is 0.369 e. The molecule has 19 heavy (non-hydrogen) atoms. The van der Waals surface area contributed by atoms with Crippen molar-refractivity contribution in [2.45, 2.75) is 17.5 Å². The summed E-state index contributed by atoms with van der Waals surface area (Å²) >= 11 is 0. The van der Waals surface area contributed by atoms with Crippen molar-refractivity contribution in [3.05, 3.63) is 29.8 Å². The molecule has 5 nitrogen and oxygen atoms in total. The van der Waals surface area contributed by atoms with E-state index < -0.39 is 28.7 Å². The molecule has 1 amide bonds. The molecule has 106 valence electrons. The van der Waals surface area contributed by atoms with Crippen LogP contribution in [0.2, 0.25) is 0 Å². The minimum atomic E-state index is -4.63. The summed E-state index contributed by atoms with van der Waals surface area (Å²) in [4.78, 5) is 10.3. The molecule has 0 aromatic heterocycles. The van der Waals surface area contributed by atoms with E-state index in [1.165, 1.54) is 16.9 Å². The van der Waals surface area contributed by atoms with E-state index in [0.717, 1.165) is 12.1 Å². The van der Waals surface area contributed by atoms with Gasteiger partial charge in [0, 0.05) is 0 Å². The van der Waals surface area contributed by atoms with E-state index in [2.05, 4.69) is 0 Å². The third-order valence-corrected chi connectivity index (χ3v) is 3.49. The molecule has 3 N–H and O–H groups in total. The number of hydrogen-bond acceptors (Lipinski definition) is 3. The summed E-state index contributed by atoms with van der Waals surface area (Å²) in [6.07, 6.45) is -4.70. The molecular weight excluding hydrogens is 285 g/mol. The summed E-state index contributed by atoms with van der Waals surface area (Å²) in [6.45, 7) is -1.64. The molecule has 0 aliphatic rings. The molecule has 0 unspecified atom stereocenters. The number of nitrogens with two attached hydrogens (primary N) is 1. The lowest BCUT2D eigenvalue weighted by Gasteiger charge is -2.09. The second-order valence-corrected chi connectivity index (χ2v) is 5.49. The Kier molecular flexibility index (Phi) is 4.53. The van der Waals surface area contributed by atoms with Crippen molar-refractivity contribution in [3.8, 4) is 0 Å². The number of benzene rings is 1. The molecule has 0 aliphatic carbocycles. The van der Waals surface area contributed by atoms with Crippen LogP contribution in [0.5, 0.6) is 0 Å². The van der Waals surface area contributed by atoms with E-state index in [4.69, 9.17) is 5.73 Å². The van der Waals surface area contributed by atoms with E-state index in [-0.39, 0.29) is 11.3 Å². The number of amides is 1. The topological polar surface area (TPSA) is 89.3 Å². The predicted octanol–water partition coefficient (Wildman–Crippen LogP) is 0.555. The zero-order chi connectivity index (χ0) is 14.7. The van der Waals surface area contributed by atoms with Crippen molar-refractivity contribution in [1.82, 2.24) is 4.72 Å². The third-order valence-electron chi connectivity index (χ3n) is 2.07. The van der Waals surface area contributed by atoms with Gasteiger partial charge in [0.2, 0.25) is 15.9 Å². The van der Waals surface area contributed by atoms with Gasteiger partial charge in [0.1, 0.15) is 6.54 Å². The monoisotopic (exact) mass is 296 g/mol. The molecule has 0 spiro atoms. The van der Waals surface area contributed by atoms with Crippen LogP contribution in [0.15, 0.2) is 29.2 Å². The quantitative estimate of drug-likeness (QED) is 0.831. The van der Waals surface area contributed by atoms with Crippen LogP contribution in [0.3, 0.4) is 0 Å². The molecule has 9 heteroatoms. The van der Waals surface area contributed by atoms with Crippen molar-refractivity contribution in [2.75, 3.05) is 6.54 Å². The Balaban J connectivity index is 2.82. The molecule has 0 aliphatic heterocycles. The standard InChI is InChI=1S/C10H11F3N2O3S/c11-10(12,13)6-15-19(17,18)8-3-1-7(2-4-8)5-9(14)16/h1-4,15H,5-6H2,(H2,14,16). The fraction of sp³-hybridized carbons (Fsp3) is 0.300. The molecular formula is C10H11F3N2O3S. The molecule has 1 aromatic rings. The zero-order valence-corrected chi connectivity index (χ0v) is 10.4. The first-order chi connectivity index (χ1) is 8.60. The van der Waals surface area contributed by atoms with Crippen molar-refractivity contribution in [2.24, 2.45) is 5.73 Å². The fourth-order valence-corrected chi connectivity index (χ4v) is 2.26. The number of alkyl halides is 3. The van der Waals surface area contributed by atoms with Gasteiger partial charge in [-0.1, -0.05) is 12.1 Å². The molecule has 0 saturated heterocycles. The SMILES string of the molecule is NC(=O)Cc1ccc(S(=O)(=O)NCC(F)(F)F)cc1. The average Bonchev–Trinajstić information content (AvgIpc) is 2.26. The Morgan fingerprint density at radius 1 is 1.21 bits per heavy atom. The van der Waals surface area contributed by atoms with Gasteiger partial charge in [0.15, 0.2) is 0 Å². The van der Waals surface area contributed by atoms with Crippen LogP contribution in [0.25, 0.3) is 0 Å². The number of carbonyl (C=O) groups excluding carboxylic acids is 1. The predicted molar refractivity (Wildman–Crippen MR) is 60.6 cm³/mol. The lowest BCUT2D eigenvalue weighted by Crippen LogP contribution is -2.33. The van der Waals surface area contributed by atoms with Gasteiger partial charge in [-0.2, -0.15) is 13.2 Å². The van der Waals surface area contributed by atoms with Gasteiger partial charge in [-0.05, 0) is 17.7 Å². The highest BCUT2D eigenvalue weighted by Gasteiger charge is 2.29. The van der Waals surface area contributed by atoms with Crippen LogP contribution in [-0.4, -0.2) is 27.0 Å². The summed E-state index contributed by atoms with van der Waals surface area (Å²) in [5.41, 5.74) is 5.42. The van der Waals surface area contributed by atoms with Gasteiger partial charge in [-0.3, -0.25) is 4.79 Å². The second kappa shape index (κ2) is 5.57. The van der Waals surface area contributed by atoms with E-state index in [1.807, 2.05) is 0 Å². The minimum Gasteiger partial charge on any atom is -0.369 e. The summed E-state index contributed by atoms with van der Waals surface area (Å²) in [7, 11) is -4.22. The summed E-state index contributed by atoms with van der Waals surface area (Å²) in [5.74, 6) is -0.592. The average molecular weight is 296 g/mol. The van der Waals surface area contributed by atoms with Crippen molar-refractivity contribution in [1.29, 1.82) is 0 Å². The molecule has 0 radical (unpaired) electrons. The van der Waals surface area contributed by atoms with Crippen molar-refractivity contribution in [3.63, 3.8) is 0 Å². The van der Waals surface area contributed by atoms with Crippen LogP contribution >= 0.6 is 0 Å². The number of rotatable bonds is 5. The maximum atomic E-state index is 11.9. The number of sulfonamides is 1. The molecule has 0 fully saturated rings. The number of carbonyl (C=O) groups is 1. The number of nitrogens with one attached hydrogen (secondary N) is 1. The van der Waals surface area contributed by atoms with E-state index in [1.54, 1.807) is 0 Å². The highest BCUT2D eigenvalue weighted by Crippen LogP contribution is 2.15. The van der Waals surface area contributed by atoms with Gasteiger partial charge in [0.25, 0.3) is 0 Å². The zero-order valence-electron chi connectivity index (χ0n) is 9.57. The Bertz CT molecular complexity index is 552. The van der Waals surface area contributed by atoms with Gasteiger partial charge in [0.05, 0.1) is 11.3 Å². The first kappa shape index (κ1) is 15.4. The van der Waals surface area contributed by atoms with E-state index in [0.29, 0.717) is 5.56 Å². The molecule has 0 saturated carbocycles. The highest BCUT2D eigenvalue weighted by atomic mass is 32.2. The van der Waals surface area contributed by atoms with E-state index in [9.17, 15) is 26.4 Å². The summed E-state index contributed by atoms with van der Waals surface area (Å²) in [6, 6.07) is 4.84. The van der Waals surface area contributed by atoms with Crippen LogP contribution in [0, 0.1) is 0 Å². The van der Waals surface area contributed by atoms with Gasteiger partial charge >= 0.3 is 6.18 Å². The van der Waals surface area contributed by atoms with Crippen molar-refractivity contribution < 1.29 is 26.4 Å². The number of hydrogen-bond donors (Lipinski definition) is 2. The van der Waals surface area contributed by atoms with Crippen LogP contribution in [0.1, 0.15) is 5.56 Å². The number of primary amides is 1. The molecule has 1 aromatic carbocycles. The lowest BCUT2D eigenvalue weighted by molar-refractivity contribution is -0.121. The Hall–Kier alpha value is -1.61. The largest absolute Gasteiger partial charge is 0.402 e. The van der Waals surface area contributed by atoms with E-state index >= 15 is 0 Å².